The lowest BCUT2D eigenvalue weighted by Gasteiger charge is -2.21. The highest BCUT2D eigenvalue weighted by molar-refractivity contribution is 5.87. The molecule has 6 heteroatoms. The molecular weight excluding hydrogens is 318 g/mol. The second-order valence-corrected chi connectivity index (χ2v) is 6.00. The van der Waals surface area contributed by atoms with Crippen molar-refractivity contribution in [2.45, 2.75) is 26.1 Å². The molecule has 0 saturated heterocycles. The zero-order valence-corrected chi connectivity index (χ0v) is 14.1. The van der Waals surface area contributed by atoms with Gasteiger partial charge in [-0.3, -0.25) is 0 Å². The summed E-state index contributed by atoms with van der Waals surface area (Å²) in [6.07, 6.45) is -1.57. The van der Waals surface area contributed by atoms with Crippen LogP contribution in [0.4, 0.5) is 0 Å². The van der Waals surface area contributed by atoms with Gasteiger partial charge >= 0.3 is 5.97 Å². The molecule has 25 heavy (non-hydrogen) atoms. The fraction of sp³-hybridized carbons (Fsp3) is 0.211. The van der Waals surface area contributed by atoms with E-state index in [2.05, 4.69) is 22.0 Å². The molecule has 2 aromatic carbocycles. The molecule has 1 aromatic heterocycles. The lowest BCUT2D eigenvalue weighted by molar-refractivity contribution is -0.150. The number of nitrogens with zero attached hydrogens (tertiary/aromatic N) is 2. The molecule has 128 valence electrons. The zero-order valence-electron chi connectivity index (χ0n) is 14.1. The summed E-state index contributed by atoms with van der Waals surface area (Å²) >= 11 is 0. The SMILES string of the molecule is C=C(C)C(=O)OC(c1ccc(-c2ccc3n[nH]nc3c2)cc1)C(C)O. The first-order chi connectivity index (χ1) is 12.0. The number of aromatic nitrogens is 3. The van der Waals surface area contributed by atoms with Crippen LogP contribution in [0, 0.1) is 0 Å². The number of carbonyl (C=O) groups is 1. The number of esters is 1. The molecule has 2 atom stereocenters. The lowest BCUT2D eigenvalue weighted by atomic mass is 9.99. The summed E-state index contributed by atoms with van der Waals surface area (Å²) < 4.78 is 5.34. The van der Waals surface area contributed by atoms with Crippen molar-refractivity contribution in [2.75, 3.05) is 0 Å². The average Bonchev–Trinajstić information content (AvgIpc) is 3.07. The van der Waals surface area contributed by atoms with Gasteiger partial charge in [0.05, 0.1) is 6.10 Å². The second-order valence-electron chi connectivity index (χ2n) is 6.00. The molecule has 0 aliphatic heterocycles. The maximum atomic E-state index is 11.8. The van der Waals surface area contributed by atoms with Crippen LogP contribution in [0.5, 0.6) is 0 Å². The van der Waals surface area contributed by atoms with Crippen molar-refractivity contribution < 1.29 is 14.6 Å². The standard InChI is InChI=1S/C19H19N3O3/c1-11(2)19(24)25-18(12(3)23)14-6-4-13(5-7-14)15-8-9-16-17(10-15)21-22-20-16/h4-10,12,18,23H,1H2,2-3H3,(H,20,21,22). The molecular formula is C19H19N3O3. The van der Waals surface area contributed by atoms with Crippen molar-refractivity contribution in [1.29, 1.82) is 0 Å². The minimum absolute atomic E-state index is 0.295. The van der Waals surface area contributed by atoms with Crippen LogP contribution in [0.25, 0.3) is 22.2 Å². The number of rotatable bonds is 5. The summed E-state index contributed by atoms with van der Waals surface area (Å²) in [5, 5.41) is 20.7. The van der Waals surface area contributed by atoms with E-state index >= 15 is 0 Å². The maximum Gasteiger partial charge on any atom is 0.333 e. The number of ether oxygens (including phenoxy) is 1. The van der Waals surface area contributed by atoms with Crippen LogP contribution in [0.2, 0.25) is 0 Å². The average molecular weight is 337 g/mol. The van der Waals surface area contributed by atoms with Crippen LogP contribution in [0.3, 0.4) is 0 Å². The van der Waals surface area contributed by atoms with Crippen LogP contribution in [-0.2, 0) is 9.53 Å². The smallest absolute Gasteiger partial charge is 0.333 e. The van der Waals surface area contributed by atoms with Gasteiger partial charge in [-0.05, 0) is 42.7 Å². The van der Waals surface area contributed by atoms with Gasteiger partial charge in [0, 0.05) is 5.57 Å². The Morgan fingerprint density at radius 2 is 1.76 bits per heavy atom. The Hall–Kier alpha value is -2.99. The molecule has 0 aliphatic carbocycles. The number of aliphatic hydroxyl groups excluding tert-OH is 1. The van der Waals surface area contributed by atoms with E-state index < -0.39 is 18.2 Å². The van der Waals surface area contributed by atoms with Crippen LogP contribution in [0.1, 0.15) is 25.5 Å². The number of hydrogen-bond acceptors (Lipinski definition) is 5. The first kappa shape index (κ1) is 16.9. The fourth-order valence-corrected chi connectivity index (χ4v) is 2.55. The van der Waals surface area contributed by atoms with Crippen molar-refractivity contribution in [1.82, 2.24) is 15.4 Å². The Morgan fingerprint density at radius 1 is 1.12 bits per heavy atom. The van der Waals surface area contributed by atoms with Crippen LogP contribution < -0.4 is 0 Å². The highest BCUT2D eigenvalue weighted by Crippen LogP contribution is 2.27. The Morgan fingerprint density at radius 3 is 2.40 bits per heavy atom. The van der Waals surface area contributed by atoms with Crippen LogP contribution in [-0.4, -0.2) is 32.6 Å². The zero-order chi connectivity index (χ0) is 18.0. The van der Waals surface area contributed by atoms with E-state index in [1.807, 2.05) is 42.5 Å². The molecule has 0 aliphatic rings. The fourth-order valence-electron chi connectivity index (χ4n) is 2.55. The van der Waals surface area contributed by atoms with E-state index in [4.69, 9.17) is 4.74 Å². The third-order valence-corrected chi connectivity index (χ3v) is 3.91. The number of nitrogens with one attached hydrogen (secondary N) is 1. The Balaban J connectivity index is 1.86. The van der Waals surface area contributed by atoms with Gasteiger partial charge in [-0.1, -0.05) is 36.9 Å². The molecule has 1 heterocycles. The molecule has 2 unspecified atom stereocenters. The minimum atomic E-state index is -0.833. The van der Waals surface area contributed by atoms with Gasteiger partial charge in [-0.2, -0.15) is 15.4 Å². The monoisotopic (exact) mass is 337 g/mol. The van der Waals surface area contributed by atoms with Gasteiger partial charge in [0.25, 0.3) is 0 Å². The number of hydrogen-bond donors (Lipinski definition) is 2. The third-order valence-electron chi connectivity index (χ3n) is 3.91. The van der Waals surface area contributed by atoms with Crippen molar-refractivity contribution >= 4 is 17.0 Å². The number of fused-ring (bicyclic) bond motifs is 1. The summed E-state index contributed by atoms with van der Waals surface area (Å²) in [6.45, 7) is 6.73. The molecule has 3 aromatic rings. The molecule has 0 bridgehead atoms. The van der Waals surface area contributed by atoms with Crippen molar-refractivity contribution in [3.8, 4) is 11.1 Å². The first-order valence-corrected chi connectivity index (χ1v) is 7.91. The summed E-state index contributed by atoms with van der Waals surface area (Å²) in [7, 11) is 0. The van der Waals surface area contributed by atoms with Crippen molar-refractivity contribution in [2.24, 2.45) is 0 Å². The number of carbonyl (C=O) groups excluding carboxylic acids is 1. The molecule has 6 nitrogen and oxygen atoms in total. The number of aromatic amines is 1. The summed E-state index contributed by atoms with van der Waals surface area (Å²) in [5.74, 6) is -0.522. The molecule has 0 radical (unpaired) electrons. The maximum absolute atomic E-state index is 11.8. The summed E-state index contributed by atoms with van der Waals surface area (Å²) in [5.41, 5.74) is 4.60. The van der Waals surface area contributed by atoms with Gasteiger partial charge in [0.2, 0.25) is 0 Å². The summed E-state index contributed by atoms with van der Waals surface area (Å²) in [6, 6.07) is 13.3. The normalized spacial score (nSPS) is 13.4. The molecule has 2 N–H and O–H groups in total. The van der Waals surface area contributed by atoms with Gasteiger partial charge in [-0.25, -0.2) is 4.79 Å². The molecule has 0 amide bonds. The molecule has 3 rings (SSSR count). The number of H-pyrrole nitrogens is 1. The molecule has 0 fully saturated rings. The Kier molecular flexibility index (Phi) is 4.63. The van der Waals surface area contributed by atoms with Gasteiger partial charge in [0.15, 0.2) is 6.10 Å². The molecule has 0 saturated carbocycles. The van der Waals surface area contributed by atoms with E-state index in [0.717, 1.165) is 27.7 Å². The third kappa shape index (κ3) is 3.59. The highest BCUT2D eigenvalue weighted by Gasteiger charge is 2.22. The van der Waals surface area contributed by atoms with Gasteiger partial charge < -0.3 is 9.84 Å². The summed E-state index contributed by atoms with van der Waals surface area (Å²) in [4.78, 5) is 11.8. The number of aliphatic hydroxyl groups is 1. The predicted octanol–water partition coefficient (Wildman–Crippen LogP) is 3.17. The Bertz CT molecular complexity index is 913. The predicted molar refractivity (Wildman–Crippen MR) is 94.7 cm³/mol. The van der Waals surface area contributed by atoms with Gasteiger partial charge in [-0.15, -0.1) is 0 Å². The minimum Gasteiger partial charge on any atom is -0.451 e. The first-order valence-electron chi connectivity index (χ1n) is 7.91. The Labute approximate surface area is 145 Å². The number of benzene rings is 2. The van der Waals surface area contributed by atoms with Crippen LogP contribution in [0.15, 0.2) is 54.6 Å². The van der Waals surface area contributed by atoms with Gasteiger partial charge in [0.1, 0.15) is 11.0 Å². The van der Waals surface area contributed by atoms with Crippen molar-refractivity contribution in [3.63, 3.8) is 0 Å². The molecule has 0 spiro atoms. The van der Waals surface area contributed by atoms with Crippen LogP contribution >= 0.6 is 0 Å². The second kappa shape index (κ2) is 6.86. The largest absolute Gasteiger partial charge is 0.451 e. The van der Waals surface area contributed by atoms with E-state index in [1.165, 1.54) is 0 Å². The lowest BCUT2D eigenvalue weighted by Crippen LogP contribution is -2.21. The van der Waals surface area contributed by atoms with Crippen molar-refractivity contribution in [3.05, 3.63) is 60.2 Å². The quantitative estimate of drug-likeness (QED) is 0.551. The van der Waals surface area contributed by atoms with E-state index in [-0.39, 0.29) is 0 Å². The van der Waals surface area contributed by atoms with E-state index in [9.17, 15) is 9.90 Å². The highest BCUT2D eigenvalue weighted by atomic mass is 16.6. The van der Waals surface area contributed by atoms with E-state index in [1.54, 1.807) is 13.8 Å². The van der Waals surface area contributed by atoms with E-state index in [0.29, 0.717) is 5.57 Å². The topological polar surface area (TPSA) is 88.1 Å².